The molecule has 0 aromatic heterocycles. The largest absolute Gasteiger partial charge is 0.342 e. The lowest BCUT2D eigenvalue weighted by molar-refractivity contribution is -0.131. The number of nitrogens with two attached hydrogens (primary N) is 1. The predicted octanol–water partition coefficient (Wildman–Crippen LogP) is 1.38. The number of carbonyl (C=O) groups excluding carboxylic acids is 1. The zero-order chi connectivity index (χ0) is 14.5. The third kappa shape index (κ3) is 3.55. The molecule has 2 rings (SSSR count). The fourth-order valence-corrected chi connectivity index (χ4v) is 2.65. The molecule has 0 aliphatic carbocycles. The monoisotopic (exact) mass is 279 g/mol. The summed E-state index contributed by atoms with van der Waals surface area (Å²) in [5.74, 6) is -0.120. The molecule has 1 unspecified atom stereocenters. The maximum atomic E-state index is 13.0. The minimum atomic E-state index is -0.264. The lowest BCUT2D eigenvalue weighted by Crippen LogP contribution is -2.40. The van der Waals surface area contributed by atoms with Gasteiger partial charge in [-0.1, -0.05) is 12.1 Å². The fourth-order valence-electron chi connectivity index (χ4n) is 2.65. The molecule has 110 valence electrons. The van der Waals surface area contributed by atoms with Crippen LogP contribution in [0, 0.1) is 5.82 Å². The molecule has 0 bridgehead atoms. The first-order chi connectivity index (χ1) is 9.61. The maximum absolute atomic E-state index is 13.0. The number of nitrogens with zero attached hydrogens (tertiary/aromatic N) is 2. The predicted molar refractivity (Wildman–Crippen MR) is 76.6 cm³/mol. The zero-order valence-electron chi connectivity index (χ0n) is 11.9. The number of hydrogen-bond donors (Lipinski definition) is 1. The Morgan fingerprint density at radius 1 is 1.35 bits per heavy atom. The van der Waals surface area contributed by atoms with E-state index < -0.39 is 0 Å². The Morgan fingerprint density at radius 3 is 2.50 bits per heavy atom. The highest BCUT2D eigenvalue weighted by molar-refractivity contribution is 5.78. The van der Waals surface area contributed by atoms with Crippen LogP contribution in [-0.2, 0) is 4.79 Å². The summed E-state index contributed by atoms with van der Waals surface area (Å²) in [6.07, 6.45) is 2.18. The van der Waals surface area contributed by atoms with Crippen LogP contribution in [0.3, 0.4) is 0 Å². The summed E-state index contributed by atoms with van der Waals surface area (Å²) in [6, 6.07) is 6.23. The van der Waals surface area contributed by atoms with E-state index in [0.717, 1.165) is 31.5 Å². The highest BCUT2D eigenvalue weighted by Crippen LogP contribution is 2.19. The third-order valence-corrected chi connectivity index (χ3v) is 3.85. The topological polar surface area (TPSA) is 49.6 Å². The molecule has 2 N–H and O–H groups in total. The summed E-state index contributed by atoms with van der Waals surface area (Å²) >= 11 is 0. The van der Waals surface area contributed by atoms with Gasteiger partial charge in [-0.05, 0) is 37.6 Å². The summed E-state index contributed by atoms with van der Waals surface area (Å²) in [4.78, 5) is 16.0. The lowest BCUT2D eigenvalue weighted by Gasteiger charge is -2.28. The second-order valence-electron chi connectivity index (χ2n) is 5.31. The molecule has 1 aromatic carbocycles. The van der Waals surface area contributed by atoms with Crippen LogP contribution < -0.4 is 5.73 Å². The van der Waals surface area contributed by atoms with Gasteiger partial charge in [-0.25, -0.2) is 4.39 Å². The Kier molecular flexibility index (Phi) is 5.09. The number of halogens is 1. The number of benzene rings is 1. The Bertz CT molecular complexity index is 443. The number of hydrogen-bond acceptors (Lipinski definition) is 3. The van der Waals surface area contributed by atoms with Crippen LogP contribution >= 0.6 is 0 Å². The standard InChI is InChI=1S/C15H22FN3O/c1-18(11-15(20)19-8-2-3-9-19)14(10-17)12-4-6-13(16)7-5-12/h4-7,14H,2-3,8-11,17H2,1H3. The number of carbonyl (C=O) groups is 1. The average Bonchev–Trinajstić information content (AvgIpc) is 2.96. The molecular formula is C15H22FN3O. The van der Waals surface area contributed by atoms with Crippen molar-refractivity contribution in [2.45, 2.75) is 18.9 Å². The van der Waals surface area contributed by atoms with E-state index >= 15 is 0 Å². The van der Waals surface area contributed by atoms with Crippen LogP contribution in [0.4, 0.5) is 4.39 Å². The number of likely N-dealkylation sites (tertiary alicyclic amines) is 1. The summed E-state index contributed by atoms with van der Waals surface area (Å²) in [6.45, 7) is 2.46. The van der Waals surface area contributed by atoms with Crippen LogP contribution in [0.1, 0.15) is 24.4 Å². The number of likely N-dealkylation sites (N-methyl/N-ethyl adjacent to an activating group) is 1. The molecule has 1 atom stereocenters. The highest BCUT2D eigenvalue weighted by atomic mass is 19.1. The van der Waals surface area contributed by atoms with Crippen molar-refractivity contribution in [3.05, 3.63) is 35.6 Å². The van der Waals surface area contributed by atoms with Gasteiger partial charge in [0.05, 0.1) is 6.54 Å². The Labute approximate surface area is 119 Å². The molecule has 0 saturated carbocycles. The highest BCUT2D eigenvalue weighted by Gasteiger charge is 2.23. The van der Waals surface area contributed by atoms with E-state index in [1.165, 1.54) is 12.1 Å². The molecule has 1 aliphatic rings. The smallest absolute Gasteiger partial charge is 0.236 e. The number of rotatable bonds is 5. The van der Waals surface area contributed by atoms with Crippen LogP contribution in [0.2, 0.25) is 0 Å². The Hall–Kier alpha value is -1.46. The van der Waals surface area contributed by atoms with E-state index in [0.29, 0.717) is 13.1 Å². The van der Waals surface area contributed by atoms with Gasteiger partial charge < -0.3 is 10.6 Å². The van der Waals surface area contributed by atoms with Crippen molar-refractivity contribution in [1.82, 2.24) is 9.80 Å². The second kappa shape index (κ2) is 6.81. The first kappa shape index (κ1) is 14.9. The molecule has 5 heteroatoms. The van der Waals surface area contributed by atoms with Gasteiger partial charge >= 0.3 is 0 Å². The second-order valence-corrected chi connectivity index (χ2v) is 5.31. The molecule has 20 heavy (non-hydrogen) atoms. The maximum Gasteiger partial charge on any atom is 0.236 e. The van der Waals surface area contributed by atoms with Crippen molar-refractivity contribution < 1.29 is 9.18 Å². The average molecular weight is 279 g/mol. The minimum Gasteiger partial charge on any atom is -0.342 e. The zero-order valence-corrected chi connectivity index (χ0v) is 11.9. The van der Waals surface area contributed by atoms with Gasteiger partial charge in [0.15, 0.2) is 0 Å². The number of amides is 1. The van der Waals surface area contributed by atoms with E-state index in [2.05, 4.69) is 0 Å². The van der Waals surface area contributed by atoms with Crippen molar-refractivity contribution >= 4 is 5.91 Å². The molecule has 1 aliphatic heterocycles. The van der Waals surface area contributed by atoms with E-state index in [1.54, 1.807) is 12.1 Å². The van der Waals surface area contributed by atoms with Crippen LogP contribution in [0.15, 0.2) is 24.3 Å². The van der Waals surface area contributed by atoms with E-state index in [4.69, 9.17) is 5.73 Å². The van der Waals surface area contributed by atoms with Crippen molar-refractivity contribution in [3.63, 3.8) is 0 Å². The molecule has 0 radical (unpaired) electrons. The van der Waals surface area contributed by atoms with Gasteiger partial charge in [0.2, 0.25) is 5.91 Å². The summed E-state index contributed by atoms with van der Waals surface area (Å²) < 4.78 is 13.0. The van der Waals surface area contributed by atoms with Crippen molar-refractivity contribution in [1.29, 1.82) is 0 Å². The summed E-state index contributed by atoms with van der Waals surface area (Å²) in [7, 11) is 1.88. The summed E-state index contributed by atoms with van der Waals surface area (Å²) in [5, 5.41) is 0. The van der Waals surface area contributed by atoms with Crippen molar-refractivity contribution in [3.8, 4) is 0 Å². The SMILES string of the molecule is CN(CC(=O)N1CCCC1)C(CN)c1ccc(F)cc1. The molecule has 1 heterocycles. The van der Waals surface area contributed by atoms with Crippen LogP contribution in [0.25, 0.3) is 0 Å². The van der Waals surface area contributed by atoms with Gasteiger partial charge in [-0.2, -0.15) is 0 Å². The first-order valence-corrected chi connectivity index (χ1v) is 7.05. The normalized spacial score (nSPS) is 16.7. The molecule has 1 aromatic rings. The molecule has 0 spiro atoms. The first-order valence-electron chi connectivity index (χ1n) is 7.05. The van der Waals surface area contributed by atoms with Gasteiger partial charge in [0.1, 0.15) is 5.82 Å². The molecule has 1 fully saturated rings. The van der Waals surface area contributed by atoms with Crippen LogP contribution in [-0.4, -0.2) is 48.9 Å². The van der Waals surface area contributed by atoms with Gasteiger partial charge in [-0.3, -0.25) is 9.69 Å². The van der Waals surface area contributed by atoms with E-state index in [9.17, 15) is 9.18 Å². The van der Waals surface area contributed by atoms with Gasteiger partial charge in [-0.15, -0.1) is 0 Å². The molecule has 1 saturated heterocycles. The quantitative estimate of drug-likeness (QED) is 0.886. The van der Waals surface area contributed by atoms with Crippen molar-refractivity contribution in [2.75, 3.05) is 33.2 Å². The minimum absolute atomic E-state index is 0.0675. The van der Waals surface area contributed by atoms with Crippen molar-refractivity contribution in [2.24, 2.45) is 5.73 Å². The van der Waals surface area contributed by atoms with Gasteiger partial charge in [0, 0.05) is 25.7 Å². The van der Waals surface area contributed by atoms with Gasteiger partial charge in [0.25, 0.3) is 0 Å². The lowest BCUT2D eigenvalue weighted by atomic mass is 10.1. The summed E-state index contributed by atoms with van der Waals surface area (Å²) in [5.41, 5.74) is 6.75. The molecule has 1 amide bonds. The molecular weight excluding hydrogens is 257 g/mol. The Balaban J connectivity index is 1.99. The third-order valence-electron chi connectivity index (χ3n) is 3.85. The van der Waals surface area contributed by atoms with E-state index in [-0.39, 0.29) is 17.8 Å². The van der Waals surface area contributed by atoms with E-state index in [1.807, 2.05) is 16.8 Å². The fraction of sp³-hybridized carbons (Fsp3) is 0.533. The molecule has 4 nitrogen and oxygen atoms in total. The van der Waals surface area contributed by atoms with Crippen LogP contribution in [0.5, 0.6) is 0 Å². The Morgan fingerprint density at radius 2 is 1.95 bits per heavy atom.